The molecule has 1 aliphatic rings. The Bertz CT molecular complexity index is 1460. The van der Waals surface area contributed by atoms with Gasteiger partial charge in [-0.3, -0.25) is 13.9 Å². The molecular weight excluding hydrogens is 542 g/mol. The predicted octanol–water partition coefficient (Wildman–Crippen LogP) is 3.70. The highest BCUT2D eigenvalue weighted by atomic mass is 32.2. The van der Waals surface area contributed by atoms with Gasteiger partial charge in [-0.05, 0) is 44.0 Å². The van der Waals surface area contributed by atoms with E-state index in [0.29, 0.717) is 31.3 Å². The first-order valence-corrected chi connectivity index (χ1v) is 15.4. The largest absolute Gasteiger partial charge is 0.486 e. The Balaban J connectivity index is 1.74. The number of fused-ring (bicyclic) bond motifs is 1. The van der Waals surface area contributed by atoms with Crippen molar-refractivity contribution in [1.29, 1.82) is 0 Å². The Morgan fingerprint density at radius 1 is 0.902 bits per heavy atom. The van der Waals surface area contributed by atoms with Crippen LogP contribution in [0.2, 0.25) is 0 Å². The predicted molar refractivity (Wildman–Crippen MR) is 159 cm³/mol. The Labute approximate surface area is 242 Å². The number of rotatable bonds is 12. The summed E-state index contributed by atoms with van der Waals surface area (Å²) in [5, 5.41) is 2.86. The topological polar surface area (TPSA) is 105 Å². The zero-order valence-corrected chi connectivity index (χ0v) is 24.5. The summed E-state index contributed by atoms with van der Waals surface area (Å²) < 4.78 is 39.0. The highest BCUT2D eigenvalue weighted by Gasteiger charge is 2.33. The highest BCUT2D eigenvalue weighted by Crippen LogP contribution is 2.35. The number of carbonyl (C=O) groups excluding carboxylic acids is 2. The van der Waals surface area contributed by atoms with Crippen molar-refractivity contribution < 1.29 is 27.5 Å². The second kappa shape index (κ2) is 13.5. The number of aryl methyl sites for hydroxylation is 1. The Morgan fingerprint density at radius 3 is 2.29 bits per heavy atom. The number of benzene rings is 3. The van der Waals surface area contributed by atoms with E-state index >= 15 is 0 Å². The Hall–Kier alpha value is -4.05. The summed E-state index contributed by atoms with van der Waals surface area (Å²) >= 11 is 0. The van der Waals surface area contributed by atoms with Crippen LogP contribution in [-0.2, 0) is 32.6 Å². The molecule has 10 heteroatoms. The second-order valence-corrected chi connectivity index (χ2v) is 12.0. The van der Waals surface area contributed by atoms with Crippen molar-refractivity contribution in [2.24, 2.45) is 0 Å². The van der Waals surface area contributed by atoms with Crippen molar-refractivity contribution >= 4 is 27.5 Å². The fourth-order valence-corrected chi connectivity index (χ4v) is 5.81. The van der Waals surface area contributed by atoms with Crippen molar-refractivity contribution in [2.45, 2.75) is 39.8 Å². The lowest BCUT2D eigenvalue weighted by atomic mass is 10.0. The van der Waals surface area contributed by atoms with Gasteiger partial charge >= 0.3 is 0 Å². The third-order valence-corrected chi connectivity index (χ3v) is 8.59. The maximum absolute atomic E-state index is 14.2. The highest BCUT2D eigenvalue weighted by molar-refractivity contribution is 7.92. The van der Waals surface area contributed by atoms with Crippen LogP contribution >= 0.6 is 0 Å². The number of likely N-dealkylation sites (N-methyl/N-ethyl adjacent to an activating group) is 1. The van der Waals surface area contributed by atoms with Gasteiger partial charge in [0, 0.05) is 25.6 Å². The number of amides is 2. The van der Waals surface area contributed by atoms with Crippen molar-refractivity contribution in [3.8, 4) is 11.5 Å². The van der Waals surface area contributed by atoms with Gasteiger partial charge in [-0.1, -0.05) is 60.2 Å². The van der Waals surface area contributed by atoms with E-state index in [1.165, 1.54) is 11.8 Å². The SMILES string of the molecule is CCNC(=O)[C@H](Cc1ccccc1)N(Cc1cccc(C)c1)C(=O)CN(c1ccc2c(c1)OCCO2)S(=O)(=O)CC. The van der Waals surface area contributed by atoms with E-state index in [4.69, 9.17) is 9.47 Å². The molecule has 1 heterocycles. The molecule has 3 aromatic carbocycles. The van der Waals surface area contributed by atoms with Crippen LogP contribution in [0.25, 0.3) is 0 Å². The van der Waals surface area contributed by atoms with Gasteiger partial charge in [-0.25, -0.2) is 8.42 Å². The molecule has 0 fully saturated rings. The lowest BCUT2D eigenvalue weighted by Gasteiger charge is -2.34. The average Bonchev–Trinajstić information content (AvgIpc) is 2.98. The number of sulfonamides is 1. The molecule has 4 rings (SSSR count). The van der Waals surface area contributed by atoms with Crippen LogP contribution in [0.5, 0.6) is 11.5 Å². The first kappa shape index (κ1) is 29.9. The molecule has 0 unspecified atom stereocenters. The standard InChI is InChI=1S/C31H37N3O6S/c1-4-32-31(36)27(19-24-11-7-6-8-12-24)33(21-25-13-9-10-23(3)18-25)30(35)22-34(41(37,38)5-2)26-14-15-28-29(20-26)40-17-16-39-28/h6-15,18,20,27H,4-5,16-17,19,21-22H2,1-3H3,(H,32,36)/t27-/m0/s1. The summed E-state index contributed by atoms with van der Waals surface area (Å²) in [5.41, 5.74) is 3.03. The van der Waals surface area contributed by atoms with Crippen LogP contribution in [0.1, 0.15) is 30.5 Å². The number of nitrogens with zero attached hydrogens (tertiary/aromatic N) is 2. The minimum absolute atomic E-state index is 0.135. The fourth-order valence-electron chi connectivity index (χ4n) is 4.76. The number of hydrogen-bond donors (Lipinski definition) is 1. The molecule has 0 saturated heterocycles. The number of nitrogens with one attached hydrogen (secondary N) is 1. The maximum Gasteiger partial charge on any atom is 0.244 e. The minimum Gasteiger partial charge on any atom is -0.486 e. The zero-order chi connectivity index (χ0) is 29.4. The van der Waals surface area contributed by atoms with Crippen molar-refractivity contribution in [2.75, 3.05) is 36.4 Å². The van der Waals surface area contributed by atoms with E-state index in [1.807, 2.05) is 68.4 Å². The van der Waals surface area contributed by atoms with Crippen LogP contribution in [-0.4, -0.2) is 63.2 Å². The Morgan fingerprint density at radius 2 is 1.61 bits per heavy atom. The summed E-state index contributed by atoms with van der Waals surface area (Å²) in [6.07, 6.45) is 0.273. The Kier molecular flexibility index (Phi) is 9.88. The van der Waals surface area contributed by atoms with Crippen molar-refractivity contribution in [3.63, 3.8) is 0 Å². The number of hydrogen-bond acceptors (Lipinski definition) is 6. The molecule has 9 nitrogen and oxygen atoms in total. The van der Waals surface area contributed by atoms with Crippen LogP contribution < -0.4 is 19.1 Å². The van der Waals surface area contributed by atoms with Crippen LogP contribution in [0.4, 0.5) is 5.69 Å². The smallest absolute Gasteiger partial charge is 0.244 e. The minimum atomic E-state index is -3.87. The van der Waals surface area contributed by atoms with E-state index in [-0.39, 0.29) is 30.3 Å². The van der Waals surface area contributed by atoms with Gasteiger partial charge in [0.25, 0.3) is 0 Å². The van der Waals surface area contributed by atoms with Gasteiger partial charge in [0.2, 0.25) is 21.8 Å². The molecule has 3 aromatic rings. The molecule has 1 atom stereocenters. The maximum atomic E-state index is 14.2. The molecule has 0 aromatic heterocycles. The number of ether oxygens (including phenoxy) is 2. The van der Waals surface area contributed by atoms with Crippen molar-refractivity contribution in [1.82, 2.24) is 10.2 Å². The van der Waals surface area contributed by atoms with Gasteiger partial charge in [0.15, 0.2) is 11.5 Å². The first-order chi connectivity index (χ1) is 19.7. The lowest BCUT2D eigenvalue weighted by Crippen LogP contribution is -2.53. The molecule has 0 radical (unpaired) electrons. The molecule has 0 aliphatic carbocycles. The third kappa shape index (κ3) is 7.58. The molecule has 0 saturated carbocycles. The van der Waals surface area contributed by atoms with Gasteiger partial charge in [-0.15, -0.1) is 0 Å². The molecule has 1 aliphatic heterocycles. The summed E-state index contributed by atoms with van der Waals surface area (Å²) in [5.74, 6) is -0.0814. The summed E-state index contributed by atoms with van der Waals surface area (Å²) in [4.78, 5) is 29.1. The van der Waals surface area contributed by atoms with E-state index in [9.17, 15) is 18.0 Å². The van der Waals surface area contributed by atoms with E-state index in [0.717, 1.165) is 21.0 Å². The third-order valence-electron chi connectivity index (χ3n) is 6.85. The van der Waals surface area contributed by atoms with Gasteiger partial charge < -0.3 is 19.7 Å². The second-order valence-electron chi connectivity index (χ2n) is 9.85. The van der Waals surface area contributed by atoms with Crippen LogP contribution in [0, 0.1) is 6.92 Å². The molecular formula is C31H37N3O6S. The van der Waals surface area contributed by atoms with Gasteiger partial charge in [0.05, 0.1) is 11.4 Å². The summed E-state index contributed by atoms with van der Waals surface area (Å²) in [6, 6.07) is 21.1. The van der Waals surface area contributed by atoms with E-state index in [1.54, 1.807) is 18.2 Å². The fraction of sp³-hybridized carbons (Fsp3) is 0.355. The van der Waals surface area contributed by atoms with Crippen LogP contribution in [0.15, 0.2) is 72.8 Å². The van der Waals surface area contributed by atoms with Crippen molar-refractivity contribution in [3.05, 3.63) is 89.5 Å². The van der Waals surface area contributed by atoms with Gasteiger partial charge in [-0.2, -0.15) is 0 Å². The quantitative estimate of drug-likeness (QED) is 0.351. The molecule has 1 N–H and O–H groups in total. The molecule has 218 valence electrons. The van der Waals surface area contributed by atoms with Crippen LogP contribution in [0.3, 0.4) is 0 Å². The molecule has 0 spiro atoms. The van der Waals surface area contributed by atoms with E-state index in [2.05, 4.69) is 5.32 Å². The summed E-state index contributed by atoms with van der Waals surface area (Å²) in [6.45, 7) is 6.10. The normalized spacial score (nSPS) is 13.2. The molecule has 2 amide bonds. The van der Waals surface area contributed by atoms with E-state index < -0.39 is 28.5 Å². The summed E-state index contributed by atoms with van der Waals surface area (Å²) in [7, 11) is -3.87. The zero-order valence-electron chi connectivity index (χ0n) is 23.7. The van der Waals surface area contributed by atoms with Gasteiger partial charge in [0.1, 0.15) is 25.8 Å². The number of anilines is 1. The lowest BCUT2D eigenvalue weighted by molar-refractivity contribution is -0.140. The number of carbonyl (C=O) groups is 2. The molecule has 0 bridgehead atoms. The first-order valence-electron chi connectivity index (χ1n) is 13.8. The molecule has 41 heavy (non-hydrogen) atoms. The monoisotopic (exact) mass is 579 g/mol. The average molecular weight is 580 g/mol.